The van der Waals surface area contributed by atoms with Crippen LogP contribution >= 0.6 is 11.6 Å². The first-order chi connectivity index (χ1) is 12.4. The van der Waals surface area contributed by atoms with Gasteiger partial charge in [-0.3, -0.25) is 9.48 Å². The minimum Gasteiger partial charge on any atom is -0.496 e. The lowest BCUT2D eigenvalue weighted by molar-refractivity contribution is -0.0303. The number of amides is 1. The van der Waals surface area contributed by atoms with Crippen LogP contribution in [0.4, 0.5) is 5.69 Å². The van der Waals surface area contributed by atoms with E-state index < -0.39 is 0 Å². The van der Waals surface area contributed by atoms with Crippen LogP contribution in [0.5, 0.6) is 5.75 Å². The Kier molecular flexibility index (Phi) is 5.38. The number of hydrogen-bond acceptors (Lipinski definition) is 5. The number of aryl methyl sites for hydroxylation is 2. The molecule has 1 unspecified atom stereocenters. The first kappa shape index (κ1) is 18.5. The number of nitrogens with two attached hydrogens (primary N) is 1. The summed E-state index contributed by atoms with van der Waals surface area (Å²) in [5.74, 6) is 0.268. The van der Waals surface area contributed by atoms with E-state index in [2.05, 4.69) is 5.10 Å². The van der Waals surface area contributed by atoms with E-state index in [4.69, 9.17) is 26.8 Å². The third kappa shape index (κ3) is 3.78. The van der Waals surface area contributed by atoms with Gasteiger partial charge < -0.3 is 20.1 Å². The molecule has 1 saturated heterocycles. The van der Waals surface area contributed by atoms with Crippen LogP contribution in [0.2, 0.25) is 5.02 Å². The van der Waals surface area contributed by atoms with Gasteiger partial charge in [-0.2, -0.15) is 5.10 Å². The molecule has 8 heteroatoms. The van der Waals surface area contributed by atoms with Crippen LogP contribution in [-0.2, 0) is 11.3 Å². The Bertz CT molecular complexity index is 821. The third-order valence-corrected chi connectivity index (χ3v) is 4.78. The molecule has 1 atom stereocenters. The molecule has 1 aromatic heterocycles. The number of benzene rings is 1. The molecule has 1 amide bonds. The Balaban J connectivity index is 1.76. The van der Waals surface area contributed by atoms with Crippen LogP contribution in [0, 0.1) is 13.8 Å². The summed E-state index contributed by atoms with van der Waals surface area (Å²) in [5.41, 5.74) is 8.62. The van der Waals surface area contributed by atoms with Crippen molar-refractivity contribution in [2.24, 2.45) is 0 Å². The van der Waals surface area contributed by atoms with Gasteiger partial charge in [0.25, 0.3) is 5.91 Å². The Labute approximate surface area is 157 Å². The molecule has 0 saturated carbocycles. The number of carbonyl (C=O) groups excluding carboxylic acids is 1. The quantitative estimate of drug-likeness (QED) is 0.825. The number of aromatic nitrogens is 2. The van der Waals surface area contributed by atoms with Crippen LogP contribution in [0.15, 0.2) is 18.2 Å². The van der Waals surface area contributed by atoms with Crippen LogP contribution in [0.3, 0.4) is 0 Å². The van der Waals surface area contributed by atoms with E-state index in [1.54, 1.807) is 17.0 Å². The molecule has 7 nitrogen and oxygen atoms in total. The lowest BCUT2D eigenvalue weighted by atomic mass is 10.1. The summed E-state index contributed by atoms with van der Waals surface area (Å²) in [6.45, 7) is 6.02. The van der Waals surface area contributed by atoms with E-state index >= 15 is 0 Å². The maximum absolute atomic E-state index is 13.0. The molecule has 0 spiro atoms. The van der Waals surface area contributed by atoms with E-state index in [9.17, 15) is 4.79 Å². The van der Waals surface area contributed by atoms with Crippen molar-refractivity contribution in [1.82, 2.24) is 14.7 Å². The number of hydrogen-bond donors (Lipinski definition) is 1. The number of nitrogens with zero attached hydrogens (tertiary/aromatic N) is 3. The van der Waals surface area contributed by atoms with Gasteiger partial charge in [0.1, 0.15) is 5.75 Å². The summed E-state index contributed by atoms with van der Waals surface area (Å²) in [6, 6.07) is 5.15. The molecule has 26 heavy (non-hydrogen) atoms. The van der Waals surface area contributed by atoms with Crippen molar-refractivity contribution in [3.05, 3.63) is 40.2 Å². The smallest absolute Gasteiger partial charge is 0.257 e. The number of carbonyl (C=O) groups is 1. The highest BCUT2D eigenvalue weighted by Crippen LogP contribution is 2.30. The van der Waals surface area contributed by atoms with Gasteiger partial charge in [-0.1, -0.05) is 11.6 Å². The SMILES string of the molecule is COc1cc(N)c(Cl)cc1C(=O)N1CCOC(Cn2nc(C)cc2C)C1. The lowest BCUT2D eigenvalue weighted by Crippen LogP contribution is -2.47. The molecule has 0 radical (unpaired) electrons. The number of anilines is 1. The molecule has 3 rings (SSSR count). The fraction of sp³-hybridized carbons (Fsp3) is 0.444. The molecule has 1 aromatic carbocycles. The van der Waals surface area contributed by atoms with Crippen molar-refractivity contribution < 1.29 is 14.3 Å². The van der Waals surface area contributed by atoms with Crippen LogP contribution in [0.1, 0.15) is 21.7 Å². The van der Waals surface area contributed by atoms with E-state index in [0.29, 0.717) is 48.3 Å². The molecule has 2 N–H and O–H groups in total. The van der Waals surface area contributed by atoms with Crippen molar-refractivity contribution in [2.75, 3.05) is 32.5 Å². The van der Waals surface area contributed by atoms with Gasteiger partial charge in [-0.25, -0.2) is 0 Å². The molecule has 2 heterocycles. The summed E-state index contributed by atoms with van der Waals surface area (Å²) < 4.78 is 13.0. The van der Waals surface area contributed by atoms with Crippen molar-refractivity contribution in [2.45, 2.75) is 26.5 Å². The van der Waals surface area contributed by atoms with E-state index in [1.165, 1.54) is 7.11 Å². The lowest BCUT2D eigenvalue weighted by Gasteiger charge is -2.33. The molecule has 1 aliphatic rings. The first-order valence-electron chi connectivity index (χ1n) is 8.44. The maximum Gasteiger partial charge on any atom is 0.257 e. The molecular formula is C18H23ClN4O3. The normalized spacial score (nSPS) is 17.4. The second kappa shape index (κ2) is 7.55. The highest BCUT2D eigenvalue weighted by Gasteiger charge is 2.28. The predicted octanol–water partition coefficient (Wildman–Crippen LogP) is 2.29. The average molecular weight is 379 g/mol. The van der Waals surface area contributed by atoms with Crippen LogP contribution < -0.4 is 10.5 Å². The molecule has 1 fully saturated rings. The zero-order valence-corrected chi connectivity index (χ0v) is 15.9. The summed E-state index contributed by atoms with van der Waals surface area (Å²) in [4.78, 5) is 14.7. The maximum atomic E-state index is 13.0. The Morgan fingerprint density at radius 1 is 1.42 bits per heavy atom. The molecule has 2 aromatic rings. The first-order valence-corrected chi connectivity index (χ1v) is 8.81. The largest absolute Gasteiger partial charge is 0.496 e. The minimum absolute atomic E-state index is 0.124. The minimum atomic E-state index is -0.148. The number of ether oxygens (including phenoxy) is 2. The highest BCUT2D eigenvalue weighted by molar-refractivity contribution is 6.33. The second-order valence-corrected chi connectivity index (χ2v) is 6.83. The zero-order valence-electron chi connectivity index (χ0n) is 15.2. The molecular weight excluding hydrogens is 356 g/mol. The van der Waals surface area contributed by atoms with Crippen molar-refractivity contribution in [1.29, 1.82) is 0 Å². The monoisotopic (exact) mass is 378 g/mol. The number of nitrogen functional groups attached to an aromatic ring is 1. The average Bonchev–Trinajstić information content (AvgIpc) is 2.93. The van der Waals surface area contributed by atoms with Gasteiger partial charge in [0, 0.05) is 24.8 Å². The second-order valence-electron chi connectivity index (χ2n) is 6.43. The fourth-order valence-corrected chi connectivity index (χ4v) is 3.31. The number of halogens is 1. The number of methoxy groups -OCH3 is 1. The predicted molar refractivity (Wildman–Crippen MR) is 99.8 cm³/mol. The van der Waals surface area contributed by atoms with Gasteiger partial charge >= 0.3 is 0 Å². The Hall–Kier alpha value is -2.25. The van der Waals surface area contributed by atoms with E-state index in [1.807, 2.05) is 24.6 Å². The molecule has 0 aliphatic carbocycles. The summed E-state index contributed by atoms with van der Waals surface area (Å²) >= 11 is 6.09. The topological polar surface area (TPSA) is 82.6 Å². The third-order valence-electron chi connectivity index (χ3n) is 4.46. The summed E-state index contributed by atoms with van der Waals surface area (Å²) in [5, 5.41) is 4.80. The van der Waals surface area contributed by atoms with Gasteiger partial charge in [-0.15, -0.1) is 0 Å². The summed E-state index contributed by atoms with van der Waals surface area (Å²) in [7, 11) is 1.50. The van der Waals surface area contributed by atoms with E-state index in [0.717, 1.165) is 11.4 Å². The number of rotatable bonds is 4. The Morgan fingerprint density at radius 2 is 2.19 bits per heavy atom. The van der Waals surface area contributed by atoms with Crippen molar-refractivity contribution in [3.63, 3.8) is 0 Å². The highest BCUT2D eigenvalue weighted by atomic mass is 35.5. The van der Waals surface area contributed by atoms with Crippen LogP contribution in [0.25, 0.3) is 0 Å². The zero-order chi connectivity index (χ0) is 18.8. The Morgan fingerprint density at radius 3 is 2.85 bits per heavy atom. The van der Waals surface area contributed by atoms with Crippen molar-refractivity contribution >= 4 is 23.2 Å². The molecule has 1 aliphatic heterocycles. The fourth-order valence-electron chi connectivity index (χ4n) is 3.14. The molecule has 0 bridgehead atoms. The van der Waals surface area contributed by atoms with Crippen LogP contribution in [-0.4, -0.2) is 53.5 Å². The summed E-state index contributed by atoms with van der Waals surface area (Å²) in [6.07, 6.45) is -0.124. The molecule has 140 valence electrons. The van der Waals surface area contributed by atoms with Crippen molar-refractivity contribution in [3.8, 4) is 5.75 Å². The van der Waals surface area contributed by atoms with Gasteiger partial charge in [0.15, 0.2) is 0 Å². The van der Waals surface area contributed by atoms with E-state index in [-0.39, 0.29) is 12.0 Å². The van der Waals surface area contributed by atoms with Gasteiger partial charge in [0.2, 0.25) is 0 Å². The number of morpholine rings is 1. The van der Waals surface area contributed by atoms with Gasteiger partial charge in [-0.05, 0) is 26.0 Å². The standard InChI is InChI=1S/C18H23ClN4O3/c1-11-6-12(2)23(21-11)10-13-9-22(4-5-26-13)18(24)14-7-15(19)16(20)8-17(14)25-3/h6-8,13H,4-5,9-10,20H2,1-3H3. The van der Waals surface area contributed by atoms with Gasteiger partial charge in [0.05, 0.1) is 48.3 Å².